The Labute approximate surface area is 86.3 Å². The lowest BCUT2D eigenvalue weighted by Gasteiger charge is -2.01. The van der Waals surface area contributed by atoms with Crippen LogP contribution in [-0.4, -0.2) is 11.1 Å². The van der Waals surface area contributed by atoms with Gasteiger partial charge in [0.1, 0.15) is 0 Å². The van der Waals surface area contributed by atoms with Crippen LogP contribution in [0.5, 0.6) is 11.5 Å². The first-order valence-corrected chi connectivity index (χ1v) is 4.79. The van der Waals surface area contributed by atoms with Gasteiger partial charge in [0.05, 0.1) is 10.6 Å². The monoisotopic (exact) mass is 212 g/mol. The standard InChI is InChI=1S/C10H9ClO3/c1-2-3-5-8(11)6(10(12)13)4-7-9(5)14-7/h4H,2-3H2,1H3,(H,12,13). The summed E-state index contributed by atoms with van der Waals surface area (Å²) in [4.78, 5) is 10.8. The molecule has 74 valence electrons. The van der Waals surface area contributed by atoms with Crippen molar-refractivity contribution in [1.29, 1.82) is 0 Å². The molecule has 0 unspecified atom stereocenters. The lowest BCUT2D eigenvalue weighted by Crippen LogP contribution is -1.98. The number of carboxylic acids is 1. The van der Waals surface area contributed by atoms with E-state index < -0.39 is 5.97 Å². The number of halogens is 1. The van der Waals surface area contributed by atoms with Gasteiger partial charge in [-0.05, 0) is 6.42 Å². The fourth-order valence-corrected chi connectivity index (χ4v) is 1.79. The zero-order chi connectivity index (χ0) is 10.3. The van der Waals surface area contributed by atoms with Crippen molar-refractivity contribution >= 4 is 17.6 Å². The molecular formula is C10H9ClO3. The molecule has 1 aliphatic heterocycles. The molecule has 14 heavy (non-hydrogen) atoms. The van der Waals surface area contributed by atoms with E-state index in [9.17, 15) is 4.79 Å². The number of rotatable bonds is 3. The summed E-state index contributed by atoms with van der Waals surface area (Å²) in [5.41, 5.74) is 0.954. The molecule has 1 N–H and O–H groups in total. The van der Waals surface area contributed by atoms with Gasteiger partial charge >= 0.3 is 5.97 Å². The maximum atomic E-state index is 10.8. The third-order valence-electron chi connectivity index (χ3n) is 2.18. The van der Waals surface area contributed by atoms with Crippen molar-refractivity contribution in [2.24, 2.45) is 0 Å². The first-order chi connectivity index (χ1) is 6.65. The summed E-state index contributed by atoms with van der Waals surface area (Å²) in [6, 6.07) is 1.47. The molecule has 0 bridgehead atoms. The molecule has 1 aliphatic rings. The molecule has 1 heterocycles. The van der Waals surface area contributed by atoms with Crippen LogP contribution in [0.4, 0.5) is 0 Å². The highest BCUT2D eigenvalue weighted by atomic mass is 35.5. The molecule has 0 saturated carbocycles. The minimum Gasteiger partial charge on any atom is -0.478 e. The molecule has 2 rings (SSSR count). The molecule has 0 fully saturated rings. The molecule has 4 heteroatoms. The second-order valence-electron chi connectivity index (χ2n) is 3.20. The summed E-state index contributed by atoms with van der Waals surface area (Å²) < 4.78 is 5.15. The van der Waals surface area contributed by atoms with Crippen molar-refractivity contribution in [3.63, 3.8) is 0 Å². The highest BCUT2D eigenvalue weighted by molar-refractivity contribution is 6.34. The first kappa shape index (κ1) is 9.34. The van der Waals surface area contributed by atoms with Gasteiger partial charge in [0.25, 0.3) is 0 Å². The molecule has 0 saturated heterocycles. The molecule has 0 spiro atoms. The number of aromatic carboxylic acids is 1. The van der Waals surface area contributed by atoms with Crippen LogP contribution in [0.25, 0.3) is 0 Å². The Morgan fingerprint density at radius 1 is 1.64 bits per heavy atom. The third kappa shape index (κ3) is 1.34. The van der Waals surface area contributed by atoms with Crippen LogP contribution < -0.4 is 4.74 Å². The van der Waals surface area contributed by atoms with E-state index in [0.717, 1.165) is 24.2 Å². The highest BCUT2D eigenvalue weighted by Gasteiger charge is 2.30. The lowest BCUT2D eigenvalue weighted by atomic mass is 10.1. The van der Waals surface area contributed by atoms with Gasteiger partial charge in [0.2, 0.25) is 0 Å². The van der Waals surface area contributed by atoms with Crippen LogP contribution in [0.15, 0.2) is 6.07 Å². The van der Waals surface area contributed by atoms with Gasteiger partial charge in [-0.15, -0.1) is 0 Å². The molecular weight excluding hydrogens is 204 g/mol. The van der Waals surface area contributed by atoms with E-state index in [1.165, 1.54) is 6.07 Å². The number of carboxylic acid groups (broad SMARTS) is 1. The van der Waals surface area contributed by atoms with Crippen molar-refractivity contribution < 1.29 is 14.6 Å². The minimum atomic E-state index is -1.01. The molecule has 0 aromatic heterocycles. The van der Waals surface area contributed by atoms with Gasteiger partial charge in [0.15, 0.2) is 11.5 Å². The van der Waals surface area contributed by atoms with Gasteiger partial charge < -0.3 is 9.84 Å². The van der Waals surface area contributed by atoms with Gasteiger partial charge in [0, 0.05) is 11.6 Å². The van der Waals surface area contributed by atoms with Gasteiger partial charge in [-0.25, -0.2) is 4.79 Å². The SMILES string of the molecule is CCCc1c(Cl)c(C(=O)O)cc2c1O2. The van der Waals surface area contributed by atoms with Gasteiger partial charge in [-0.2, -0.15) is 0 Å². The molecule has 3 nitrogen and oxygen atoms in total. The van der Waals surface area contributed by atoms with Crippen molar-refractivity contribution in [1.82, 2.24) is 0 Å². The maximum Gasteiger partial charge on any atom is 0.337 e. The quantitative estimate of drug-likeness (QED) is 0.796. The normalized spacial score (nSPS) is 11.9. The Balaban J connectivity index is 2.51. The van der Waals surface area contributed by atoms with Crippen molar-refractivity contribution in [3.05, 3.63) is 22.2 Å². The average Bonchev–Trinajstić information content (AvgIpc) is 2.88. The van der Waals surface area contributed by atoms with E-state index in [1.54, 1.807) is 0 Å². The fourth-order valence-electron chi connectivity index (χ4n) is 1.48. The van der Waals surface area contributed by atoms with Crippen molar-refractivity contribution in [2.45, 2.75) is 19.8 Å². The Hall–Kier alpha value is -1.22. The average molecular weight is 213 g/mol. The summed E-state index contributed by atoms with van der Waals surface area (Å²) in [5.74, 6) is 0.405. The zero-order valence-electron chi connectivity index (χ0n) is 7.63. The van der Waals surface area contributed by atoms with E-state index in [0.29, 0.717) is 10.8 Å². The van der Waals surface area contributed by atoms with E-state index in [4.69, 9.17) is 21.4 Å². The van der Waals surface area contributed by atoms with Crippen LogP contribution >= 0.6 is 11.6 Å². The van der Waals surface area contributed by atoms with Crippen LogP contribution in [0, 0.1) is 0 Å². The number of carbonyl (C=O) groups is 1. The molecule has 1 aromatic rings. The summed E-state index contributed by atoms with van der Waals surface area (Å²) in [7, 11) is 0. The Bertz CT molecular complexity index is 412. The number of benzene rings is 1. The maximum absolute atomic E-state index is 10.8. The second-order valence-corrected chi connectivity index (χ2v) is 3.58. The fraction of sp³-hybridized carbons (Fsp3) is 0.300. The third-order valence-corrected chi connectivity index (χ3v) is 2.61. The van der Waals surface area contributed by atoms with Crippen LogP contribution in [0.2, 0.25) is 5.02 Å². The van der Waals surface area contributed by atoms with Crippen molar-refractivity contribution in [2.75, 3.05) is 0 Å². The molecule has 0 radical (unpaired) electrons. The largest absolute Gasteiger partial charge is 0.478 e. The van der Waals surface area contributed by atoms with E-state index >= 15 is 0 Å². The van der Waals surface area contributed by atoms with Crippen molar-refractivity contribution in [3.8, 4) is 11.5 Å². The van der Waals surface area contributed by atoms with Crippen LogP contribution in [0.1, 0.15) is 29.3 Å². The van der Waals surface area contributed by atoms with Crippen LogP contribution in [-0.2, 0) is 6.42 Å². The molecule has 0 amide bonds. The first-order valence-electron chi connectivity index (χ1n) is 4.41. The van der Waals surface area contributed by atoms with E-state index in [-0.39, 0.29) is 5.56 Å². The number of hydrogen-bond acceptors (Lipinski definition) is 2. The summed E-state index contributed by atoms with van der Waals surface area (Å²) in [6.45, 7) is 2.01. The topological polar surface area (TPSA) is 49.8 Å². The van der Waals surface area contributed by atoms with E-state index in [1.807, 2.05) is 6.92 Å². The highest BCUT2D eigenvalue weighted by Crippen LogP contribution is 2.52. The molecule has 0 aliphatic carbocycles. The Morgan fingerprint density at radius 3 is 2.93 bits per heavy atom. The lowest BCUT2D eigenvalue weighted by molar-refractivity contribution is 0.0697. The summed E-state index contributed by atoms with van der Waals surface area (Å²) in [5, 5.41) is 9.18. The van der Waals surface area contributed by atoms with Gasteiger partial charge in [-0.1, -0.05) is 24.9 Å². The predicted molar refractivity (Wildman–Crippen MR) is 52.5 cm³/mol. The second kappa shape index (κ2) is 3.17. The zero-order valence-corrected chi connectivity index (χ0v) is 8.39. The number of ether oxygens (including phenoxy) is 1. The van der Waals surface area contributed by atoms with Gasteiger partial charge in [-0.3, -0.25) is 0 Å². The Morgan fingerprint density at radius 2 is 2.36 bits per heavy atom. The number of hydrogen-bond donors (Lipinski definition) is 1. The molecule has 1 aromatic carbocycles. The summed E-state index contributed by atoms with van der Waals surface area (Å²) in [6.07, 6.45) is 1.67. The predicted octanol–water partition coefficient (Wildman–Crippen LogP) is 3.10. The number of fused-ring (bicyclic) bond motifs is 1. The van der Waals surface area contributed by atoms with E-state index in [2.05, 4.69) is 0 Å². The smallest absolute Gasteiger partial charge is 0.337 e. The Kier molecular flexibility index (Phi) is 2.11. The van der Waals surface area contributed by atoms with Crippen LogP contribution in [0.3, 0.4) is 0 Å². The molecule has 0 atom stereocenters. The minimum absolute atomic E-state index is 0.131. The summed E-state index contributed by atoms with van der Waals surface area (Å²) >= 11 is 5.96.